The van der Waals surface area contributed by atoms with Gasteiger partial charge in [0.25, 0.3) is 0 Å². The van der Waals surface area contributed by atoms with Crippen molar-refractivity contribution in [2.24, 2.45) is 5.73 Å². The molecule has 4 heteroatoms. The van der Waals surface area contributed by atoms with Crippen LogP contribution in [0.25, 0.3) is 0 Å². The first kappa shape index (κ1) is 16.4. The van der Waals surface area contributed by atoms with Crippen molar-refractivity contribution in [1.29, 1.82) is 0 Å². The maximum absolute atomic E-state index is 6.17. The van der Waals surface area contributed by atoms with Gasteiger partial charge in [-0.3, -0.25) is 4.90 Å². The molecule has 0 amide bonds. The Morgan fingerprint density at radius 1 is 1.37 bits per heavy atom. The molecule has 0 aliphatic carbocycles. The molecule has 0 spiro atoms. The summed E-state index contributed by atoms with van der Waals surface area (Å²) in [7, 11) is 0. The predicted octanol–water partition coefficient (Wildman–Crippen LogP) is 3.09. The van der Waals surface area contributed by atoms with Gasteiger partial charge < -0.3 is 10.5 Å². The lowest BCUT2D eigenvalue weighted by Gasteiger charge is -2.33. The fourth-order valence-electron chi connectivity index (χ4n) is 2.36. The molecule has 1 aromatic rings. The third kappa shape index (κ3) is 5.11. The van der Waals surface area contributed by atoms with Crippen LogP contribution in [0.5, 0.6) is 0 Å². The molecule has 0 aliphatic heterocycles. The summed E-state index contributed by atoms with van der Waals surface area (Å²) in [5, 5.41) is 0.754. The number of rotatable bonds is 8. The molecule has 0 saturated heterocycles. The van der Waals surface area contributed by atoms with Crippen LogP contribution >= 0.6 is 11.6 Å². The number of hydrogen-bond donors (Lipinski definition) is 1. The number of nitrogens with two attached hydrogens (primary N) is 1. The molecule has 108 valence electrons. The third-order valence-corrected chi connectivity index (χ3v) is 3.45. The Morgan fingerprint density at radius 2 is 2.11 bits per heavy atom. The van der Waals surface area contributed by atoms with Crippen LogP contribution in [-0.2, 0) is 4.74 Å². The van der Waals surface area contributed by atoms with Crippen molar-refractivity contribution in [1.82, 2.24) is 4.90 Å². The lowest BCUT2D eigenvalue weighted by atomic mass is 9.99. The number of benzene rings is 1. The highest BCUT2D eigenvalue weighted by Crippen LogP contribution is 2.25. The Hall–Kier alpha value is -0.610. The van der Waals surface area contributed by atoms with Gasteiger partial charge in [0, 0.05) is 30.3 Å². The van der Waals surface area contributed by atoms with E-state index >= 15 is 0 Å². The van der Waals surface area contributed by atoms with Crippen LogP contribution in [0, 0.1) is 0 Å². The highest BCUT2D eigenvalue weighted by atomic mass is 35.5. The van der Waals surface area contributed by atoms with Gasteiger partial charge in [-0.15, -0.1) is 0 Å². The quantitative estimate of drug-likeness (QED) is 0.746. The maximum Gasteiger partial charge on any atom is 0.0593 e. The van der Waals surface area contributed by atoms with E-state index in [1.165, 1.54) is 5.56 Å². The van der Waals surface area contributed by atoms with Gasteiger partial charge in [-0.2, -0.15) is 0 Å². The maximum atomic E-state index is 6.17. The highest BCUT2D eigenvalue weighted by Gasteiger charge is 2.22. The molecule has 0 aromatic heterocycles. The van der Waals surface area contributed by atoms with Gasteiger partial charge in [0.05, 0.1) is 6.61 Å². The van der Waals surface area contributed by atoms with Gasteiger partial charge in [0.2, 0.25) is 0 Å². The molecule has 1 rings (SSSR count). The number of hydrogen-bond acceptors (Lipinski definition) is 3. The fraction of sp³-hybridized carbons (Fsp3) is 0.600. The van der Waals surface area contributed by atoms with Gasteiger partial charge in [-0.25, -0.2) is 0 Å². The molecule has 0 saturated carbocycles. The summed E-state index contributed by atoms with van der Waals surface area (Å²) in [6.07, 6.45) is 0. The first-order chi connectivity index (χ1) is 9.10. The molecule has 0 bridgehead atoms. The second-order valence-electron chi connectivity index (χ2n) is 4.68. The molecule has 0 radical (unpaired) electrons. The zero-order chi connectivity index (χ0) is 14.3. The van der Waals surface area contributed by atoms with Crippen LogP contribution in [0.15, 0.2) is 24.3 Å². The Bertz CT molecular complexity index is 371. The topological polar surface area (TPSA) is 38.5 Å². The first-order valence-electron chi connectivity index (χ1n) is 6.93. The zero-order valence-electron chi connectivity index (χ0n) is 12.1. The molecule has 0 heterocycles. The van der Waals surface area contributed by atoms with Crippen molar-refractivity contribution >= 4 is 11.6 Å². The van der Waals surface area contributed by atoms with Crippen LogP contribution in [0.2, 0.25) is 5.02 Å². The Morgan fingerprint density at radius 3 is 2.63 bits per heavy atom. The number of nitrogens with zero attached hydrogens (tertiary/aromatic N) is 1. The van der Waals surface area contributed by atoms with Crippen molar-refractivity contribution < 1.29 is 4.74 Å². The minimum atomic E-state index is 0.0417. The van der Waals surface area contributed by atoms with Crippen LogP contribution in [-0.4, -0.2) is 37.2 Å². The lowest BCUT2D eigenvalue weighted by molar-refractivity contribution is 0.0909. The van der Waals surface area contributed by atoms with Gasteiger partial charge in [-0.1, -0.05) is 30.7 Å². The van der Waals surface area contributed by atoms with Crippen molar-refractivity contribution in [2.45, 2.75) is 32.9 Å². The fourth-order valence-corrected chi connectivity index (χ4v) is 2.56. The number of likely N-dealkylation sites (N-methyl/N-ethyl adjacent to an activating group) is 1. The largest absolute Gasteiger partial charge is 0.380 e. The normalized spacial score (nSPS) is 14.6. The van der Waals surface area contributed by atoms with Gasteiger partial charge in [-0.05, 0) is 38.1 Å². The van der Waals surface area contributed by atoms with Crippen LogP contribution in [0.1, 0.15) is 32.4 Å². The first-order valence-corrected chi connectivity index (χ1v) is 7.30. The summed E-state index contributed by atoms with van der Waals surface area (Å²) in [6.45, 7) is 9.48. The molecule has 3 nitrogen and oxygen atoms in total. The van der Waals surface area contributed by atoms with Crippen LogP contribution < -0.4 is 5.73 Å². The van der Waals surface area contributed by atoms with Gasteiger partial charge in [0.1, 0.15) is 0 Å². The molecular weight excluding hydrogens is 260 g/mol. The van der Waals surface area contributed by atoms with E-state index in [4.69, 9.17) is 22.1 Å². The van der Waals surface area contributed by atoms with Crippen LogP contribution in [0.3, 0.4) is 0 Å². The minimum Gasteiger partial charge on any atom is -0.380 e. The third-order valence-electron chi connectivity index (χ3n) is 3.21. The van der Waals surface area contributed by atoms with E-state index in [2.05, 4.69) is 17.9 Å². The second kappa shape index (κ2) is 8.54. The summed E-state index contributed by atoms with van der Waals surface area (Å²) in [5.41, 5.74) is 7.34. The summed E-state index contributed by atoms with van der Waals surface area (Å²) >= 11 is 6.08. The average Bonchev–Trinajstić information content (AvgIpc) is 2.37. The summed E-state index contributed by atoms with van der Waals surface area (Å²) in [5.74, 6) is 0. The monoisotopic (exact) mass is 284 g/mol. The van der Waals surface area contributed by atoms with Crippen molar-refractivity contribution in [3.63, 3.8) is 0 Å². The van der Waals surface area contributed by atoms with Crippen LogP contribution in [0.4, 0.5) is 0 Å². The average molecular weight is 285 g/mol. The summed E-state index contributed by atoms with van der Waals surface area (Å²) < 4.78 is 5.45. The van der Waals surface area contributed by atoms with E-state index in [1.54, 1.807) is 0 Å². The minimum absolute atomic E-state index is 0.0417. The zero-order valence-corrected chi connectivity index (χ0v) is 12.9. The van der Waals surface area contributed by atoms with E-state index in [1.807, 2.05) is 32.0 Å². The summed E-state index contributed by atoms with van der Waals surface area (Å²) in [6, 6.07) is 8.16. The molecule has 2 N–H and O–H groups in total. The van der Waals surface area contributed by atoms with E-state index in [0.29, 0.717) is 0 Å². The van der Waals surface area contributed by atoms with E-state index in [9.17, 15) is 0 Å². The highest BCUT2D eigenvalue weighted by molar-refractivity contribution is 6.30. The molecule has 1 aromatic carbocycles. The smallest absolute Gasteiger partial charge is 0.0593 e. The lowest BCUT2D eigenvalue weighted by Crippen LogP contribution is -2.41. The molecule has 2 atom stereocenters. The summed E-state index contributed by atoms with van der Waals surface area (Å²) in [4.78, 5) is 2.34. The van der Waals surface area contributed by atoms with Crippen molar-refractivity contribution in [3.05, 3.63) is 34.9 Å². The SMILES string of the molecule is CCOCCN(CC)C(c1cccc(Cl)c1)C(C)N. The van der Waals surface area contributed by atoms with Crippen molar-refractivity contribution in [2.75, 3.05) is 26.3 Å². The molecular formula is C15H25ClN2O. The predicted molar refractivity (Wildman–Crippen MR) is 81.6 cm³/mol. The number of halogens is 1. The van der Waals surface area contributed by atoms with E-state index in [-0.39, 0.29) is 12.1 Å². The van der Waals surface area contributed by atoms with Crippen molar-refractivity contribution in [3.8, 4) is 0 Å². The Labute approximate surface area is 121 Å². The van der Waals surface area contributed by atoms with E-state index < -0.39 is 0 Å². The standard InChI is InChI=1S/C15H25ClN2O/c1-4-18(9-10-19-5-2)15(12(3)17)13-7-6-8-14(16)11-13/h6-8,11-12,15H,4-5,9-10,17H2,1-3H3. The molecule has 0 aliphatic rings. The molecule has 0 fully saturated rings. The van der Waals surface area contributed by atoms with Gasteiger partial charge >= 0.3 is 0 Å². The second-order valence-corrected chi connectivity index (χ2v) is 5.12. The van der Waals surface area contributed by atoms with Gasteiger partial charge in [0.15, 0.2) is 0 Å². The Kier molecular flexibility index (Phi) is 7.39. The molecule has 2 unspecified atom stereocenters. The number of ether oxygens (including phenoxy) is 1. The Balaban J connectivity index is 2.85. The van der Waals surface area contributed by atoms with E-state index in [0.717, 1.165) is 31.3 Å². The molecule has 19 heavy (non-hydrogen) atoms.